The lowest BCUT2D eigenvalue weighted by atomic mass is 10.0. The van der Waals surface area contributed by atoms with Crippen LogP contribution in [0.25, 0.3) is 0 Å². The number of isocyanates is 5. The molecule has 12 aromatic rings. The van der Waals surface area contributed by atoms with E-state index in [1.54, 1.807) is 84.9 Å². The van der Waals surface area contributed by atoms with Gasteiger partial charge in [0.25, 0.3) is 5.97 Å². The number of nitrogens with zero attached hydrogens (tertiary/aromatic N) is 5. The summed E-state index contributed by atoms with van der Waals surface area (Å²) in [4.78, 5) is 111. The van der Waals surface area contributed by atoms with Gasteiger partial charge in [-0.3, -0.25) is 15.4 Å². The number of anilines is 7. The minimum Gasteiger partial charge on any atom is -0.481 e. The summed E-state index contributed by atoms with van der Waals surface area (Å²) in [5.74, 6) is -0.833. The number of aliphatic imine (C=N–C) groups is 5. The molecule has 0 aromatic heterocycles. The van der Waals surface area contributed by atoms with Gasteiger partial charge in [-0.1, -0.05) is 146 Å². The number of carboxylic acids is 1. The third-order valence-corrected chi connectivity index (χ3v) is 15.8. The van der Waals surface area contributed by atoms with E-state index >= 15 is 0 Å². The fourth-order valence-electron chi connectivity index (χ4n) is 10.4. The van der Waals surface area contributed by atoms with Gasteiger partial charge in [0.15, 0.2) is 0 Å². The molecule has 113 heavy (non-hydrogen) atoms. The molecule has 12 rings (SSSR count). The molecule has 0 aliphatic rings. The van der Waals surface area contributed by atoms with Gasteiger partial charge in [-0.15, -0.1) is 0 Å². The maximum atomic E-state index is 12.4. The van der Waals surface area contributed by atoms with Crippen molar-refractivity contribution in [2.75, 3.05) is 38.5 Å². The Morgan fingerprint density at radius 3 is 0.531 bits per heavy atom. The fourth-order valence-corrected chi connectivity index (χ4v) is 10.4. The van der Waals surface area contributed by atoms with Gasteiger partial charge in [0.05, 0.1) is 28.4 Å². The lowest BCUT2D eigenvalue weighted by Crippen LogP contribution is -2.19. The van der Waals surface area contributed by atoms with Gasteiger partial charge in [0.2, 0.25) is 30.4 Å². The van der Waals surface area contributed by atoms with Crippen LogP contribution in [0.5, 0.6) is 0 Å². The zero-order chi connectivity index (χ0) is 80.2. The van der Waals surface area contributed by atoms with Crippen LogP contribution in [0.4, 0.5) is 82.6 Å². The average molecular weight is 1510 g/mol. The number of rotatable bonds is 21. The number of benzene rings is 12. The largest absolute Gasteiger partial charge is 0.481 e. The number of carbonyl (C=O) groups excluding carboxylic acids is 6. The second-order valence-electron chi connectivity index (χ2n) is 24.4. The third kappa shape index (κ3) is 33.7. The highest BCUT2D eigenvalue weighted by Crippen LogP contribution is 2.24. The lowest BCUT2D eigenvalue weighted by molar-refractivity contribution is -0.134. The quantitative estimate of drug-likeness (QED) is 0.0181. The SMILES string of the molecule is CC(=O)O.Nc1ccc(Cc2ccc(N)cc2)cc1.Nc1ccc(Cc2ccc(NC(=O)Nc3ccc(Cc4ccc(N=C=O)cc4)cc3)cc2)cc1.O.O=C(O)Nc1ccc(Cc2ccc(NC(=O)O)cc2)cc1.O=C=Nc1ccc(Cc2ccc(N=C=O)cc2)cc1.O=C=Nc1ccc(Cc2ccc(N=C=O)cc2)cc1. The normalized spacial score (nSPS) is 9.60. The van der Waals surface area contributed by atoms with E-state index < -0.39 is 18.2 Å². The van der Waals surface area contributed by atoms with Crippen LogP contribution in [0.1, 0.15) is 73.7 Å². The average Bonchev–Trinajstić information content (AvgIpc) is 0.903. The lowest BCUT2D eigenvalue weighted by Gasteiger charge is -2.10. The minimum absolute atomic E-state index is 0. The van der Waals surface area contributed by atoms with E-state index in [1.165, 1.54) is 47.1 Å². The van der Waals surface area contributed by atoms with E-state index in [1.807, 2.05) is 206 Å². The Labute approximate surface area is 650 Å². The molecule has 4 amide bonds. The molecular formula is C88H78N12O13. The van der Waals surface area contributed by atoms with E-state index in [0.29, 0.717) is 51.9 Å². The number of carboxylic acid groups (broad SMARTS) is 3. The molecular weight excluding hydrogens is 1430 g/mol. The van der Waals surface area contributed by atoms with E-state index in [0.717, 1.165) is 112 Å². The van der Waals surface area contributed by atoms with E-state index in [9.17, 15) is 38.4 Å². The van der Waals surface area contributed by atoms with Crippen molar-refractivity contribution in [1.82, 2.24) is 0 Å². The molecule has 12 aromatic carbocycles. The summed E-state index contributed by atoms with van der Waals surface area (Å²) in [6, 6.07) is 89.9. The number of nitrogen functional groups attached to an aromatic ring is 3. The van der Waals surface area contributed by atoms with Crippen LogP contribution in [0, 0.1) is 0 Å². The summed E-state index contributed by atoms with van der Waals surface area (Å²) >= 11 is 0. The van der Waals surface area contributed by atoms with Crippen LogP contribution in [-0.4, -0.2) is 75.4 Å². The number of nitrogens with two attached hydrogens (primary N) is 3. The predicted molar refractivity (Wildman–Crippen MR) is 439 cm³/mol. The number of hydrogen-bond donors (Lipinski definition) is 10. The topological polar surface area (TPSA) is 434 Å². The van der Waals surface area contributed by atoms with Crippen molar-refractivity contribution < 1.29 is 63.9 Å². The highest BCUT2D eigenvalue weighted by atomic mass is 16.4. The molecule has 0 unspecified atom stereocenters. The molecule has 25 heteroatoms. The van der Waals surface area contributed by atoms with Crippen molar-refractivity contribution in [2.24, 2.45) is 25.0 Å². The summed E-state index contributed by atoms with van der Waals surface area (Å²) in [5, 5.41) is 34.9. The third-order valence-electron chi connectivity index (χ3n) is 15.8. The summed E-state index contributed by atoms with van der Waals surface area (Å²) < 4.78 is 0. The second-order valence-corrected chi connectivity index (χ2v) is 24.4. The van der Waals surface area contributed by atoms with Crippen molar-refractivity contribution in [3.63, 3.8) is 0 Å². The van der Waals surface area contributed by atoms with Gasteiger partial charge in [-0.05, 0) is 251 Å². The Hall–Kier alpha value is -15.8. The van der Waals surface area contributed by atoms with Gasteiger partial charge in [-0.25, -0.2) is 38.4 Å². The molecule has 568 valence electrons. The molecule has 0 radical (unpaired) electrons. The van der Waals surface area contributed by atoms with Gasteiger partial charge in [-0.2, -0.15) is 25.0 Å². The minimum atomic E-state index is -1.09. The second kappa shape index (κ2) is 47.0. The summed E-state index contributed by atoms with van der Waals surface area (Å²) in [6.07, 6.45) is 10.0. The fraction of sp³-hybridized carbons (Fsp3) is 0.0795. The monoisotopic (exact) mass is 1510 g/mol. The molecule has 25 nitrogen and oxygen atoms in total. The molecule has 15 N–H and O–H groups in total. The van der Waals surface area contributed by atoms with Crippen molar-refractivity contribution in [2.45, 2.75) is 45.4 Å². The Morgan fingerprint density at radius 2 is 0.389 bits per heavy atom. The Bertz CT molecular complexity index is 4920. The maximum Gasteiger partial charge on any atom is 0.409 e. The number of urea groups is 1. The highest BCUT2D eigenvalue weighted by Gasteiger charge is 2.08. The number of carbonyl (C=O) groups is 4. The first-order valence-electron chi connectivity index (χ1n) is 34.2. The zero-order valence-corrected chi connectivity index (χ0v) is 60.9. The van der Waals surface area contributed by atoms with Crippen LogP contribution < -0.4 is 38.5 Å². The van der Waals surface area contributed by atoms with Crippen LogP contribution in [0.3, 0.4) is 0 Å². The van der Waals surface area contributed by atoms with Gasteiger partial charge in [0, 0.05) is 46.7 Å². The Morgan fingerprint density at radius 1 is 0.257 bits per heavy atom. The number of hydrogen-bond acceptors (Lipinski definition) is 17. The zero-order valence-electron chi connectivity index (χ0n) is 60.9. The van der Waals surface area contributed by atoms with Crippen LogP contribution in [0.2, 0.25) is 0 Å². The van der Waals surface area contributed by atoms with Crippen molar-refractivity contribution in [1.29, 1.82) is 0 Å². The molecule has 0 bridgehead atoms. The van der Waals surface area contributed by atoms with Crippen molar-refractivity contribution in [3.8, 4) is 0 Å². The first kappa shape index (κ1) is 86.1. The molecule has 0 aliphatic heterocycles. The van der Waals surface area contributed by atoms with Gasteiger partial charge < -0.3 is 48.6 Å². The van der Waals surface area contributed by atoms with Crippen LogP contribution in [-0.2, 0) is 67.3 Å². The first-order chi connectivity index (χ1) is 54.2. The first-order valence-corrected chi connectivity index (χ1v) is 34.2. The summed E-state index contributed by atoms with van der Waals surface area (Å²) in [7, 11) is 0. The van der Waals surface area contributed by atoms with Crippen LogP contribution >= 0.6 is 0 Å². The smallest absolute Gasteiger partial charge is 0.409 e. The van der Waals surface area contributed by atoms with Crippen LogP contribution in [0.15, 0.2) is 316 Å². The number of aliphatic carboxylic acids is 1. The molecule has 0 heterocycles. The van der Waals surface area contributed by atoms with E-state index in [4.69, 9.17) is 37.3 Å². The summed E-state index contributed by atoms with van der Waals surface area (Å²) in [5.41, 5.74) is 38.3. The molecule has 0 saturated heterocycles. The van der Waals surface area contributed by atoms with Gasteiger partial charge >= 0.3 is 18.2 Å². The molecule has 0 aliphatic carbocycles. The van der Waals surface area contributed by atoms with E-state index in [2.05, 4.69) is 46.2 Å². The number of amides is 4. The molecule has 0 atom stereocenters. The highest BCUT2D eigenvalue weighted by molar-refractivity contribution is 5.99. The molecule has 0 saturated carbocycles. The van der Waals surface area contributed by atoms with Crippen molar-refractivity contribution >= 4 is 123 Å². The summed E-state index contributed by atoms with van der Waals surface area (Å²) in [6.45, 7) is 1.08. The van der Waals surface area contributed by atoms with Crippen molar-refractivity contribution in [3.05, 3.63) is 358 Å². The number of nitrogens with one attached hydrogen (secondary N) is 4. The molecule has 0 spiro atoms. The standard InChI is InChI=1S/C28H24N4O2.C15H14N2O4.2C15H10N2O2.C13H14N2.C2H4O2.H2O/c29-24-9-1-20(2-10-24)17-22-5-13-26(14-6-22)31-28(34)32-27-15-7-23(8-16-27)18-21-3-11-25(12-4-21)30-19-33;18-14(19)16-12-5-1-10(2-6-12)9-11-3-7-13(8-4-11)17-15(20)21;2*18-10-16-14-5-1-12(2-6-14)9-13-3-7-15(8-4-13)17-11-19;14-12-5-1-10(2-6-12)9-11-3-7-13(15)8-4-11;1-2(3)4;/h1-16H,17-18,29H2,(H2,31,32,34);1-8,16-17H,9H2,(H,18,19)(H,20,21);2*1-8H,9H2;1-8H,9,14-15H2;1H3,(H,3,4);1H2. The Balaban J connectivity index is 0.000000223. The Kier molecular flexibility index (Phi) is 35.8. The predicted octanol–water partition coefficient (Wildman–Crippen LogP) is 17.7. The maximum absolute atomic E-state index is 12.4. The molecule has 0 fully saturated rings. The van der Waals surface area contributed by atoms with E-state index in [-0.39, 0.29) is 11.5 Å². The van der Waals surface area contributed by atoms with Gasteiger partial charge in [0.1, 0.15) is 0 Å².